The number of carbonyl (C=O) groups excluding carboxylic acids is 1. The molecule has 1 aliphatic carbocycles. The van der Waals surface area contributed by atoms with E-state index in [0.717, 1.165) is 63.0 Å². The van der Waals surface area contributed by atoms with Gasteiger partial charge in [-0.25, -0.2) is 4.98 Å². The van der Waals surface area contributed by atoms with E-state index in [0.29, 0.717) is 23.8 Å². The summed E-state index contributed by atoms with van der Waals surface area (Å²) in [6.45, 7) is 3.70. The molecule has 1 aliphatic heterocycles. The maximum Gasteiger partial charge on any atom is 0.416 e. The molecule has 37 heavy (non-hydrogen) atoms. The maximum atomic E-state index is 13.2. The maximum absolute atomic E-state index is 13.2. The van der Waals surface area contributed by atoms with Crippen molar-refractivity contribution >= 4 is 22.9 Å². The zero-order valence-electron chi connectivity index (χ0n) is 20.9. The number of aromatic nitrogens is 2. The highest BCUT2D eigenvalue weighted by Crippen LogP contribution is 2.36. The Morgan fingerprint density at radius 1 is 1.00 bits per heavy atom. The highest BCUT2D eigenvalue weighted by atomic mass is 19.4. The number of hydrogen-bond acceptors (Lipinski definition) is 4. The van der Waals surface area contributed by atoms with E-state index in [-0.39, 0.29) is 11.6 Å². The lowest BCUT2D eigenvalue weighted by Crippen LogP contribution is -2.33. The predicted molar refractivity (Wildman–Crippen MR) is 137 cm³/mol. The molecule has 0 atom stereocenters. The van der Waals surface area contributed by atoms with Gasteiger partial charge >= 0.3 is 6.18 Å². The first kappa shape index (κ1) is 25.6. The summed E-state index contributed by atoms with van der Waals surface area (Å²) in [6, 6.07) is 10.4. The fourth-order valence-electron chi connectivity index (χ4n) is 5.45. The molecule has 0 spiro atoms. The number of piperidine rings is 1. The molecule has 2 heterocycles. The second-order valence-corrected chi connectivity index (χ2v) is 10.0. The Morgan fingerprint density at radius 3 is 2.51 bits per heavy atom. The van der Waals surface area contributed by atoms with Crippen LogP contribution in [-0.2, 0) is 6.18 Å². The molecule has 198 valence electrons. The number of nitrogens with one attached hydrogen (secondary N) is 1. The Kier molecular flexibility index (Phi) is 7.69. The molecule has 1 saturated carbocycles. The average Bonchev–Trinajstić information content (AvgIpc) is 3.26. The number of halogens is 3. The van der Waals surface area contributed by atoms with Gasteiger partial charge in [-0.3, -0.25) is 15.0 Å². The smallest absolute Gasteiger partial charge is 0.416 e. The van der Waals surface area contributed by atoms with E-state index in [4.69, 9.17) is 9.72 Å². The third-order valence-corrected chi connectivity index (χ3v) is 7.40. The van der Waals surface area contributed by atoms with Crippen LogP contribution < -0.4 is 10.1 Å². The summed E-state index contributed by atoms with van der Waals surface area (Å²) in [5, 5.41) is 2.80. The average molecular weight is 515 g/mol. The summed E-state index contributed by atoms with van der Waals surface area (Å²) >= 11 is 0. The third kappa shape index (κ3) is 6.09. The lowest BCUT2D eigenvalue weighted by molar-refractivity contribution is -0.137. The van der Waals surface area contributed by atoms with E-state index in [1.165, 1.54) is 37.8 Å². The molecular formula is C28H33F3N4O2. The van der Waals surface area contributed by atoms with E-state index in [1.807, 2.05) is 22.8 Å². The van der Waals surface area contributed by atoms with Gasteiger partial charge in [-0.05, 0) is 69.1 Å². The van der Waals surface area contributed by atoms with Crippen molar-refractivity contribution in [1.82, 2.24) is 14.5 Å². The molecule has 0 radical (unpaired) electrons. The van der Waals surface area contributed by atoms with Gasteiger partial charge in [0.25, 0.3) is 5.91 Å². The van der Waals surface area contributed by atoms with Gasteiger partial charge in [0.2, 0.25) is 5.95 Å². The van der Waals surface area contributed by atoms with Crippen LogP contribution in [0.4, 0.5) is 19.1 Å². The molecule has 1 amide bonds. The van der Waals surface area contributed by atoms with Gasteiger partial charge in [-0.15, -0.1) is 0 Å². The number of ether oxygens (including phenoxy) is 1. The van der Waals surface area contributed by atoms with Crippen molar-refractivity contribution < 1.29 is 22.7 Å². The van der Waals surface area contributed by atoms with E-state index in [2.05, 4.69) is 10.2 Å². The highest BCUT2D eigenvalue weighted by Gasteiger charge is 2.31. The summed E-state index contributed by atoms with van der Waals surface area (Å²) in [4.78, 5) is 20.1. The monoisotopic (exact) mass is 514 g/mol. The second-order valence-electron chi connectivity index (χ2n) is 10.0. The number of imidazole rings is 1. The fraction of sp³-hybridized carbons (Fsp3) is 0.500. The summed E-state index contributed by atoms with van der Waals surface area (Å²) < 4.78 is 47.6. The Balaban J connectivity index is 1.38. The van der Waals surface area contributed by atoms with Crippen molar-refractivity contribution in [2.45, 2.75) is 63.6 Å². The minimum atomic E-state index is -4.52. The highest BCUT2D eigenvalue weighted by molar-refractivity contribution is 6.04. The van der Waals surface area contributed by atoms with Crippen LogP contribution in [0.1, 0.15) is 73.3 Å². The van der Waals surface area contributed by atoms with Crippen LogP contribution in [0.2, 0.25) is 0 Å². The summed E-state index contributed by atoms with van der Waals surface area (Å²) in [5.41, 5.74) is 0.668. The number of alkyl halides is 3. The van der Waals surface area contributed by atoms with Gasteiger partial charge in [-0.2, -0.15) is 13.2 Å². The van der Waals surface area contributed by atoms with Gasteiger partial charge in [0, 0.05) is 24.2 Å². The second kappa shape index (κ2) is 11.1. The van der Waals surface area contributed by atoms with E-state index in [9.17, 15) is 18.0 Å². The van der Waals surface area contributed by atoms with Crippen LogP contribution in [-0.4, -0.2) is 46.6 Å². The van der Waals surface area contributed by atoms with Crippen LogP contribution in [0.5, 0.6) is 5.75 Å². The Bertz CT molecular complexity index is 1230. The molecule has 0 unspecified atom stereocenters. The zero-order chi connectivity index (χ0) is 25.8. The number of hydrogen-bond donors (Lipinski definition) is 1. The molecule has 5 rings (SSSR count). The number of likely N-dealkylation sites (tertiary alicyclic amines) is 1. The molecule has 2 fully saturated rings. The molecule has 3 aromatic rings. The molecule has 2 aromatic carbocycles. The van der Waals surface area contributed by atoms with Crippen molar-refractivity contribution in [2.75, 3.05) is 31.6 Å². The lowest BCUT2D eigenvalue weighted by Gasteiger charge is -2.26. The van der Waals surface area contributed by atoms with Gasteiger partial charge < -0.3 is 9.30 Å². The van der Waals surface area contributed by atoms with E-state index in [1.54, 1.807) is 0 Å². The van der Waals surface area contributed by atoms with Crippen molar-refractivity contribution in [2.24, 2.45) is 0 Å². The SMILES string of the molecule is O=C(Nc1nc2cc(OCCN3CCCCC3)ccc2n1C1CCCCC1)c1cccc(C(F)(F)F)c1. The largest absolute Gasteiger partial charge is 0.492 e. The lowest BCUT2D eigenvalue weighted by atomic mass is 9.95. The van der Waals surface area contributed by atoms with Gasteiger partial charge in [0.1, 0.15) is 12.4 Å². The number of rotatable bonds is 7. The summed E-state index contributed by atoms with van der Waals surface area (Å²) in [7, 11) is 0. The zero-order valence-corrected chi connectivity index (χ0v) is 20.9. The number of nitrogens with zero attached hydrogens (tertiary/aromatic N) is 3. The van der Waals surface area contributed by atoms with Gasteiger partial charge in [0.05, 0.1) is 16.6 Å². The Hall–Kier alpha value is -3.07. The number of benzene rings is 2. The summed E-state index contributed by atoms with van der Waals surface area (Å²) in [5.74, 6) is 0.458. The van der Waals surface area contributed by atoms with E-state index >= 15 is 0 Å². The predicted octanol–water partition coefficient (Wildman–Crippen LogP) is 6.68. The van der Waals surface area contributed by atoms with Gasteiger partial charge in [-0.1, -0.05) is 31.7 Å². The molecule has 1 N–H and O–H groups in total. The number of anilines is 1. The Morgan fingerprint density at radius 2 is 1.76 bits per heavy atom. The molecular weight excluding hydrogens is 481 g/mol. The van der Waals surface area contributed by atoms with Gasteiger partial charge in [0.15, 0.2) is 0 Å². The molecule has 1 saturated heterocycles. The molecule has 6 nitrogen and oxygen atoms in total. The van der Waals surface area contributed by atoms with Crippen LogP contribution in [0, 0.1) is 0 Å². The summed E-state index contributed by atoms with van der Waals surface area (Å²) in [6.07, 6.45) is 4.52. The third-order valence-electron chi connectivity index (χ3n) is 7.40. The minimum absolute atomic E-state index is 0.0567. The number of fused-ring (bicyclic) bond motifs is 1. The quantitative estimate of drug-likeness (QED) is 0.382. The van der Waals surface area contributed by atoms with Crippen molar-refractivity contribution in [3.63, 3.8) is 0 Å². The molecule has 0 bridgehead atoms. The van der Waals surface area contributed by atoms with Crippen molar-refractivity contribution in [1.29, 1.82) is 0 Å². The first-order chi connectivity index (χ1) is 17.9. The van der Waals surface area contributed by atoms with E-state index < -0.39 is 17.6 Å². The number of carbonyl (C=O) groups is 1. The van der Waals surface area contributed by atoms with Crippen LogP contribution >= 0.6 is 0 Å². The molecule has 1 aromatic heterocycles. The topological polar surface area (TPSA) is 59.4 Å². The number of amides is 1. The first-order valence-electron chi connectivity index (χ1n) is 13.2. The van der Waals surface area contributed by atoms with Crippen LogP contribution in [0.15, 0.2) is 42.5 Å². The molecule has 9 heteroatoms. The standard InChI is InChI=1S/C28H33F3N4O2/c29-28(30,31)21-9-7-8-20(18-21)26(36)33-27-32-24-19-23(37-17-16-34-14-5-2-6-15-34)12-13-25(24)35(27)22-10-3-1-4-11-22/h7-9,12-13,18-19,22H,1-6,10-11,14-17H2,(H,32,33,36). The Labute approximate surface area is 214 Å². The van der Waals surface area contributed by atoms with Crippen molar-refractivity contribution in [3.8, 4) is 5.75 Å². The fourth-order valence-corrected chi connectivity index (χ4v) is 5.45. The normalized spacial score (nSPS) is 17.7. The van der Waals surface area contributed by atoms with Crippen LogP contribution in [0.3, 0.4) is 0 Å². The molecule has 2 aliphatic rings. The van der Waals surface area contributed by atoms with Crippen molar-refractivity contribution in [3.05, 3.63) is 53.6 Å². The van der Waals surface area contributed by atoms with Crippen LogP contribution in [0.25, 0.3) is 11.0 Å². The minimum Gasteiger partial charge on any atom is -0.492 e. The first-order valence-corrected chi connectivity index (χ1v) is 13.2.